The van der Waals surface area contributed by atoms with Gasteiger partial charge in [-0.3, -0.25) is 28.1 Å². The number of methoxy groups -OCH3 is 3. The van der Waals surface area contributed by atoms with Crippen molar-refractivity contribution < 1.29 is 66.0 Å². The van der Waals surface area contributed by atoms with Gasteiger partial charge < -0.3 is 87.2 Å². The van der Waals surface area contributed by atoms with Crippen molar-refractivity contribution in [2.75, 3.05) is 141 Å². The Balaban J connectivity index is 0.000000164. The van der Waals surface area contributed by atoms with Crippen LogP contribution in [0.25, 0.3) is 33.3 Å². The normalized spacial score (nSPS) is 14.1. The predicted molar refractivity (Wildman–Crippen MR) is 378 cm³/mol. The summed E-state index contributed by atoms with van der Waals surface area (Å²) in [5, 5.41) is 13.8. The molecular formula is C69H78Cl3N11O17. The van der Waals surface area contributed by atoms with Gasteiger partial charge in [-0.1, -0.05) is 34.8 Å². The zero-order chi connectivity index (χ0) is 71.4. The number of phenolic OH excluding ortho intramolecular Hbond substituents is 1. The fourth-order valence-corrected chi connectivity index (χ4v) is 12.1. The molecule has 4 amide bonds. The van der Waals surface area contributed by atoms with Crippen LogP contribution in [0.5, 0.6) is 34.5 Å². The largest absolute Gasteiger partial charge is 0.508 e. The number of amides is 4. The average Bonchev–Trinajstić information content (AvgIpc) is 1.63. The van der Waals surface area contributed by atoms with Gasteiger partial charge in [0, 0.05) is 139 Å². The van der Waals surface area contributed by atoms with Crippen molar-refractivity contribution in [3.63, 3.8) is 0 Å². The molecule has 3 saturated heterocycles. The van der Waals surface area contributed by atoms with Crippen LogP contribution in [0.2, 0.25) is 15.1 Å². The number of piperazine rings is 3. The van der Waals surface area contributed by atoms with E-state index in [0.717, 1.165) is 17.1 Å². The van der Waals surface area contributed by atoms with Crippen LogP contribution in [0.4, 0.5) is 21.9 Å². The lowest BCUT2D eigenvalue weighted by Gasteiger charge is -2.36. The zero-order valence-electron chi connectivity index (χ0n) is 56.0. The summed E-state index contributed by atoms with van der Waals surface area (Å²) < 4.78 is 51.9. The average molecular weight is 1440 g/mol. The molecule has 0 unspecified atom stereocenters. The third-order valence-electron chi connectivity index (χ3n) is 16.6. The Kier molecular flexibility index (Phi) is 23.7. The van der Waals surface area contributed by atoms with E-state index in [1.54, 1.807) is 117 Å². The highest BCUT2D eigenvalue weighted by Crippen LogP contribution is 2.33. The van der Waals surface area contributed by atoms with Crippen molar-refractivity contribution in [2.24, 2.45) is 5.73 Å². The second kappa shape index (κ2) is 32.7. The first-order chi connectivity index (χ1) is 48.0. The van der Waals surface area contributed by atoms with Crippen molar-refractivity contribution in [1.29, 1.82) is 0 Å². The number of benzene rings is 6. The number of nitrogens with zero attached hydrogens (tertiary/aromatic N) is 9. The fraction of sp³-hybridized carbons (Fsp3) is 0.377. The number of phenols is 1. The van der Waals surface area contributed by atoms with Crippen LogP contribution in [0.15, 0.2) is 137 Å². The Bertz CT molecular complexity index is 4570. The van der Waals surface area contributed by atoms with Crippen LogP contribution in [-0.4, -0.2) is 189 Å². The maximum atomic E-state index is 13.0. The fourth-order valence-electron chi connectivity index (χ4n) is 11.5. The smallest absolute Gasteiger partial charge is 0.420 e. The summed E-state index contributed by atoms with van der Waals surface area (Å²) in [5.41, 5.74) is 10.3. The van der Waals surface area contributed by atoms with Crippen molar-refractivity contribution in [3.8, 4) is 34.5 Å². The van der Waals surface area contributed by atoms with E-state index in [2.05, 4.69) is 20.0 Å². The molecule has 12 rings (SSSR count). The van der Waals surface area contributed by atoms with Gasteiger partial charge in [-0.2, -0.15) is 0 Å². The van der Waals surface area contributed by atoms with Gasteiger partial charge in [0.2, 0.25) is 17.7 Å². The number of hydrogen-bond donors (Lipinski definition) is 3. The standard InChI is InChI=1S/C27H33ClN4O7.C22H25ClN4O5.C20H20ClN3O5/c1-27(2,3)39-25(34)29-9-14-37-19-6-8-21-23(16-19)38-26(35)32(21)17-24(33)31-12-10-30(11-13-31)18-5-7-20(28)22(15-18)36-4;1-30-19-12-15(2-4-17(19)23)25-7-9-26(10-8-25)21(28)14-27-18-5-3-16(31-11-6-24)13-20(18)32-22(27)29;1-28-17-10-13(2-4-15(17)21)22-6-8-23(9-7-22)19(26)12-24-16-5-3-14(25)11-18(16)29-20(24)27/h5-8,15-16H,9-14,17H2,1-4H3,(H,29,34);2-5,12-13H,6-11,14,24H2,1H3;2-5,10-11,25H,6-9,12H2,1H3. The number of anilines is 3. The van der Waals surface area contributed by atoms with Crippen LogP contribution in [0.1, 0.15) is 20.8 Å². The van der Waals surface area contributed by atoms with Crippen LogP contribution in [0, 0.1) is 0 Å². The molecule has 532 valence electrons. The molecule has 100 heavy (non-hydrogen) atoms. The first kappa shape index (κ1) is 72.6. The van der Waals surface area contributed by atoms with Crippen LogP contribution in [0.3, 0.4) is 0 Å². The predicted octanol–water partition coefficient (Wildman–Crippen LogP) is 7.76. The van der Waals surface area contributed by atoms with Crippen LogP contribution in [-0.2, 0) is 38.8 Å². The van der Waals surface area contributed by atoms with Gasteiger partial charge >= 0.3 is 23.4 Å². The number of carbonyl (C=O) groups excluding carboxylic acids is 4. The number of fused-ring (bicyclic) bond motifs is 3. The molecule has 3 aliphatic rings. The Labute approximate surface area is 588 Å². The third-order valence-corrected chi connectivity index (χ3v) is 17.6. The lowest BCUT2D eigenvalue weighted by Crippen LogP contribution is -2.50. The number of aromatic hydroxyl groups is 1. The van der Waals surface area contributed by atoms with E-state index in [1.165, 1.54) is 25.8 Å². The number of nitrogens with two attached hydrogens (primary N) is 1. The molecular weight excluding hydrogens is 1360 g/mol. The lowest BCUT2D eigenvalue weighted by atomic mass is 10.2. The number of ether oxygens (including phenoxy) is 6. The SMILES string of the molecule is COc1cc(N2CCN(C(=O)Cn3c(=O)oc4cc(O)ccc43)CC2)ccc1Cl.COc1cc(N2CCN(C(=O)Cn3c(=O)oc4cc(OCCN)ccc43)CC2)ccc1Cl.COc1cc(N2CCN(C(=O)Cn3c(=O)oc4cc(OCCNC(=O)OC(C)(C)C)ccc43)CC2)ccc1Cl. The Morgan fingerprint density at radius 1 is 0.480 bits per heavy atom. The minimum Gasteiger partial charge on any atom is -0.508 e. The summed E-state index contributed by atoms with van der Waals surface area (Å²) in [4.78, 5) is 99.1. The van der Waals surface area contributed by atoms with Gasteiger partial charge in [0.1, 0.15) is 72.9 Å². The molecule has 28 nitrogen and oxygen atoms in total. The van der Waals surface area contributed by atoms with Crippen molar-refractivity contribution in [3.05, 3.63) is 156 Å². The highest BCUT2D eigenvalue weighted by atomic mass is 35.5. The summed E-state index contributed by atoms with van der Waals surface area (Å²) in [5.74, 6) is 0.594. The summed E-state index contributed by atoms with van der Waals surface area (Å²) in [7, 11) is 4.73. The van der Waals surface area contributed by atoms with Gasteiger partial charge in [-0.05, 0) is 93.6 Å². The number of nitrogens with one attached hydrogen (secondary N) is 1. The molecule has 0 atom stereocenters. The van der Waals surface area contributed by atoms with Gasteiger partial charge in [-0.15, -0.1) is 0 Å². The molecule has 0 radical (unpaired) electrons. The minimum absolute atomic E-state index is 0.000298. The molecule has 3 aliphatic heterocycles. The van der Waals surface area contributed by atoms with E-state index in [4.69, 9.17) is 82.2 Å². The Morgan fingerprint density at radius 2 is 0.820 bits per heavy atom. The first-order valence-corrected chi connectivity index (χ1v) is 33.2. The topological polar surface area (TPSA) is 307 Å². The highest BCUT2D eigenvalue weighted by Gasteiger charge is 2.28. The van der Waals surface area contributed by atoms with Crippen LogP contribution >= 0.6 is 34.8 Å². The molecule has 6 heterocycles. The summed E-state index contributed by atoms with van der Waals surface area (Å²) >= 11 is 18.3. The Morgan fingerprint density at radius 3 is 1.16 bits per heavy atom. The Hall–Kier alpha value is -10.2. The van der Waals surface area contributed by atoms with Crippen LogP contribution < -0.4 is 66.7 Å². The first-order valence-electron chi connectivity index (χ1n) is 32.1. The second-order valence-corrected chi connectivity index (χ2v) is 25.5. The van der Waals surface area contributed by atoms with E-state index < -0.39 is 29.0 Å². The molecule has 4 N–H and O–H groups in total. The monoisotopic (exact) mass is 1440 g/mol. The number of aromatic nitrogens is 3. The number of halogens is 3. The lowest BCUT2D eigenvalue weighted by molar-refractivity contribution is -0.132. The number of alkyl carbamates (subject to hydrolysis) is 1. The second-order valence-electron chi connectivity index (χ2n) is 24.2. The zero-order valence-corrected chi connectivity index (χ0v) is 58.3. The molecule has 6 aromatic carbocycles. The number of carbonyl (C=O) groups is 4. The molecule has 31 heteroatoms. The van der Waals surface area contributed by atoms with E-state index in [-0.39, 0.29) is 61.8 Å². The molecule has 0 bridgehead atoms. The summed E-state index contributed by atoms with van der Waals surface area (Å²) in [6.07, 6.45) is -0.527. The number of rotatable bonds is 19. The quantitative estimate of drug-likeness (QED) is 0.0651. The van der Waals surface area contributed by atoms with Gasteiger partial charge in [0.05, 0.1) is 59.5 Å². The maximum absolute atomic E-state index is 13.0. The molecule has 9 aromatic rings. The molecule has 0 aliphatic carbocycles. The van der Waals surface area contributed by atoms with E-state index in [0.29, 0.717) is 163 Å². The summed E-state index contributed by atoms with van der Waals surface area (Å²) in [6.45, 7) is 13.4. The highest BCUT2D eigenvalue weighted by molar-refractivity contribution is 6.32. The number of oxazole rings is 3. The van der Waals surface area contributed by atoms with Crippen molar-refractivity contribution in [2.45, 2.75) is 46.0 Å². The minimum atomic E-state index is -0.620. The van der Waals surface area contributed by atoms with Gasteiger partial charge in [0.25, 0.3) is 0 Å². The van der Waals surface area contributed by atoms with Crippen molar-refractivity contribution >= 4 is 109 Å². The molecule has 0 spiro atoms. The molecule has 0 saturated carbocycles. The van der Waals surface area contributed by atoms with Crippen molar-refractivity contribution in [1.82, 2.24) is 33.7 Å². The molecule has 3 aromatic heterocycles. The van der Waals surface area contributed by atoms with E-state index in [1.807, 2.05) is 36.4 Å². The third kappa shape index (κ3) is 18.0. The maximum Gasteiger partial charge on any atom is 0.420 e. The summed E-state index contributed by atoms with van der Waals surface area (Å²) in [6, 6.07) is 31.2. The van der Waals surface area contributed by atoms with E-state index >= 15 is 0 Å². The van der Waals surface area contributed by atoms with E-state index in [9.17, 15) is 38.7 Å². The van der Waals surface area contributed by atoms with Gasteiger partial charge in [-0.25, -0.2) is 19.2 Å². The molecule has 3 fully saturated rings. The van der Waals surface area contributed by atoms with Gasteiger partial charge in [0.15, 0.2) is 16.7 Å². The number of hydrogen-bond acceptors (Lipinski definition) is 21.